The van der Waals surface area contributed by atoms with Gasteiger partial charge < -0.3 is 15.0 Å². The molecule has 0 fully saturated rings. The van der Waals surface area contributed by atoms with Gasteiger partial charge in [-0.1, -0.05) is 18.2 Å². The molecule has 0 aliphatic rings. The molecule has 110 valence electrons. The Morgan fingerprint density at radius 3 is 2.55 bits per heavy atom. The molecule has 0 saturated carbocycles. The van der Waals surface area contributed by atoms with Gasteiger partial charge in [-0.05, 0) is 25.5 Å². The molecule has 5 heteroatoms. The van der Waals surface area contributed by atoms with Crippen LogP contribution in [-0.2, 0) is 16.6 Å². The molecular formula is C15H21ClN2O2. The smallest absolute Gasteiger partial charge is 0.313 e. The van der Waals surface area contributed by atoms with E-state index >= 15 is 0 Å². The van der Waals surface area contributed by atoms with Crippen molar-refractivity contribution in [1.29, 1.82) is 0 Å². The molecule has 0 saturated heterocycles. The summed E-state index contributed by atoms with van der Waals surface area (Å²) in [4.78, 5) is 11.9. The fourth-order valence-corrected chi connectivity index (χ4v) is 2.40. The van der Waals surface area contributed by atoms with Crippen molar-refractivity contribution in [3.63, 3.8) is 0 Å². The lowest BCUT2D eigenvalue weighted by atomic mass is 9.81. The summed E-state index contributed by atoms with van der Waals surface area (Å²) in [5.74, 6) is -0.298. The van der Waals surface area contributed by atoms with Crippen LogP contribution in [0.25, 0.3) is 10.9 Å². The third kappa shape index (κ3) is 2.53. The number of hydrogen-bond acceptors (Lipinski definition) is 3. The number of benzene rings is 1. The lowest BCUT2D eigenvalue weighted by Crippen LogP contribution is -2.37. The summed E-state index contributed by atoms with van der Waals surface area (Å²) < 4.78 is 6.88. The normalized spacial score (nSPS) is 12.8. The zero-order chi connectivity index (χ0) is 14.2. The highest BCUT2D eigenvalue weighted by molar-refractivity contribution is 5.86. The number of fused-ring (bicyclic) bond motifs is 1. The first-order chi connectivity index (χ1) is 8.89. The topological polar surface area (TPSA) is 57.2 Å². The third-order valence-electron chi connectivity index (χ3n) is 3.75. The van der Waals surface area contributed by atoms with Crippen molar-refractivity contribution in [2.45, 2.75) is 19.9 Å². The van der Waals surface area contributed by atoms with Gasteiger partial charge in [0.25, 0.3) is 0 Å². The van der Waals surface area contributed by atoms with E-state index in [1.807, 2.05) is 55.9 Å². The highest BCUT2D eigenvalue weighted by atomic mass is 35.5. The van der Waals surface area contributed by atoms with Crippen LogP contribution in [0.15, 0.2) is 30.5 Å². The molecule has 4 nitrogen and oxygen atoms in total. The van der Waals surface area contributed by atoms with Gasteiger partial charge in [0.1, 0.15) is 0 Å². The average Bonchev–Trinajstić information content (AvgIpc) is 2.74. The lowest BCUT2D eigenvalue weighted by molar-refractivity contribution is -0.152. The molecule has 0 aliphatic carbocycles. The zero-order valence-electron chi connectivity index (χ0n) is 12.2. The first kappa shape index (κ1) is 16.5. The average molecular weight is 297 g/mol. The number of methoxy groups -OCH3 is 1. The van der Waals surface area contributed by atoms with E-state index in [2.05, 4.69) is 0 Å². The van der Waals surface area contributed by atoms with Crippen LogP contribution in [0.4, 0.5) is 0 Å². The lowest BCUT2D eigenvalue weighted by Gasteiger charge is -2.28. The molecule has 2 rings (SSSR count). The number of para-hydroxylation sites is 1. The molecule has 2 aromatic rings. The van der Waals surface area contributed by atoms with Crippen molar-refractivity contribution >= 4 is 29.3 Å². The number of ether oxygens (including phenoxy) is 1. The Balaban J connectivity index is 0.00000200. The van der Waals surface area contributed by atoms with Gasteiger partial charge in [-0.25, -0.2) is 0 Å². The highest BCUT2D eigenvalue weighted by Gasteiger charge is 2.37. The van der Waals surface area contributed by atoms with Gasteiger partial charge in [0.05, 0.1) is 12.5 Å². The zero-order valence-corrected chi connectivity index (χ0v) is 13.0. The highest BCUT2D eigenvalue weighted by Crippen LogP contribution is 2.36. The van der Waals surface area contributed by atoms with Crippen molar-refractivity contribution in [1.82, 2.24) is 4.57 Å². The number of aromatic nitrogens is 1. The molecule has 1 heterocycles. The SMILES string of the molecule is COC(=O)C(C)(C)[C@H](N)c1cn(C)c2ccccc12.Cl. The van der Waals surface area contributed by atoms with E-state index in [-0.39, 0.29) is 18.4 Å². The van der Waals surface area contributed by atoms with Crippen LogP contribution in [0.5, 0.6) is 0 Å². The largest absolute Gasteiger partial charge is 0.469 e. The van der Waals surface area contributed by atoms with Crippen LogP contribution < -0.4 is 5.73 Å². The number of aryl methyl sites for hydroxylation is 1. The van der Waals surface area contributed by atoms with Crippen LogP contribution in [0.3, 0.4) is 0 Å². The summed E-state index contributed by atoms with van der Waals surface area (Å²) in [6.07, 6.45) is 1.99. The van der Waals surface area contributed by atoms with Crippen molar-refractivity contribution in [3.8, 4) is 0 Å². The summed E-state index contributed by atoms with van der Waals surface area (Å²) in [5, 5.41) is 1.08. The van der Waals surface area contributed by atoms with Crippen LogP contribution >= 0.6 is 12.4 Å². The van der Waals surface area contributed by atoms with Crippen LogP contribution in [-0.4, -0.2) is 17.6 Å². The molecule has 0 unspecified atom stereocenters. The Labute approximate surface area is 125 Å². The number of hydrogen-bond donors (Lipinski definition) is 1. The first-order valence-electron chi connectivity index (χ1n) is 6.27. The number of carbonyl (C=O) groups is 1. The Bertz CT molecular complexity index is 619. The Morgan fingerprint density at radius 1 is 1.35 bits per heavy atom. The molecule has 1 aromatic carbocycles. The Hall–Kier alpha value is -1.52. The number of nitrogens with zero attached hydrogens (tertiary/aromatic N) is 1. The van der Waals surface area contributed by atoms with Crippen molar-refractivity contribution < 1.29 is 9.53 Å². The molecule has 20 heavy (non-hydrogen) atoms. The van der Waals surface area contributed by atoms with Crippen LogP contribution in [0.2, 0.25) is 0 Å². The Kier molecular flexibility index (Phi) is 4.84. The minimum absolute atomic E-state index is 0. The molecule has 1 aromatic heterocycles. The van der Waals surface area contributed by atoms with Gasteiger partial charge >= 0.3 is 5.97 Å². The van der Waals surface area contributed by atoms with Gasteiger partial charge in [0, 0.05) is 30.2 Å². The molecule has 0 amide bonds. The fraction of sp³-hybridized carbons (Fsp3) is 0.400. The van der Waals surface area contributed by atoms with Gasteiger partial charge in [0.15, 0.2) is 0 Å². The number of carbonyl (C=O) groups excluding carboxylic acids is 1. The number of esters is 1. The molecule has 0 aliphatic heterocycles. The molecule has 1 atom stereocenters. The summed E-state index contributed by atoms with van der Waals surface area (Å²) in [6, 6.07) is 7.62. The van der Waals surface area contributed by atoms with Gasteiger partial charge in [-0.3, -0.25) is 4.79 Å². The standard InChI is InChI=1S/C15H20N2O2.ClH/c1-15(2,14(18)19-4)13(16)11-9-17(3)12-8-6-5-7-10(11)12;/h5-9,13H,16H2,1-4H3;1H/t13-;/m1./s1. The maximum Gasteiger partial charge on any atom is 0.313 e. The predicted octanol–water partition coefficient (Wildman–Crippen LogP) is 2.80. The summed E-state index contributed by atoms with van der Waals surface area (Å²) >= 11 is 0. The Morgan fingerprint density at radius 2 is 1.95 bits per heavy atom. The van der Waals surface area contributed by atoms with Crippen molar-refractivity contribution in [3.05, 3.63) is 36.0 Å². The minimum atomic E-state index is -0.765. The summed E-state index contributed by atoms with van der Waals surface area (Å²) in [7, 11) is 3.36. The van der Waals surface area contributed by atoms with E-state index in [9.17, 15) is 4.79 Å². The summed E-state index contributed by atoms with van der Waals surface area (Å²) in [6.45, 7) is 3.62. The van der Waals surface area contributed by atoms with E-state index in [1.165, 1.54) is 7.11 Å². The molecule has 2 N–H and O–H groups in total. The summed E-state index contributed by atoms with van der Waals surface area (Å²) in [5.41, 5.74) is 7.62. The quantitative estimate of drug-likeness (QED) is 0.886. The first-order valence-corrected chi connectivity index (χ1v) is 6.27. The number of rotatable bonds is 3. The van der Waals surface area contributed by atoms with Crippen molar-refractivity contribution in [2.75, 3.05) is 7.11 Å². The predicted molar refractivity (Wildman–Crippen MR) is 82.9 cm³/mol. The molecule has 0 radical (unpaired) electrons. The number of nitrogens with two attached hydrogens (primary N) is 1. The van der Waals surface area contributed by atoms with Crippen LogP contribution in [0, 0.1) is 5.41 Å². The van der Waals surface area contributed by atoms with Gasteiger partial charge in [0.2, 0.25) is 0 Å². The molecule has 0 spiro atoms. The number of halogens is 1. The maximum atomic E-state index is 11.9. The van der Waals surface area contributed by atoms with E-state index < -0.39 is 11.5 Å². The fourth-order valence-electron chi connectivity index (χ4n) is 2.40. The molecular weight excluding hydrogens is 276 g/mol. The maximum absolute atomic E-state index is 11.9. The minimum Gasteiger partial charge on any atom is -0.469 e. The van der Waals surface area contributed by atoms with E-state index in [4.69, 9.17) is 10.5 Å². The second-order valence-electron chi connectivity index (χ2n) is 5.40. The second kappa shape index (κ2) is 5.85. The van der Waals surface area contributed by atoms with E-state index in [1.54, 1.807) is 0 Å². The second-order valence-corrected chi connectivity index (χ2v) is 5.40. The van der Waals surface area contributed by atoms with Gasteiger partial charge in [-0.2, -0.15) is 0 Å². The molecule has 0 bridgehead atoms. The van der Waals surface area contributed by atoms with Crippen molar-refractivity contribution in [2.24, 2.45) is 18.2 Å². The van der Waals surface area contributed by atoms with Gasteiger partial charge in [-0.15, -0.1) is 12.4 Å². The van der Waals surface area contributed by atoms with E-state index in [0.717, 1.165) is 16.5 Å². The third-order valence-corrected chi connectivity index (χ3v) is 3.75. The van der Waals surface area contributed by atoms with E-state index in [0.29, 0.717) is 0 Å². The van der Waals surface area contributed by atoms with Crippen LogP contribution in [0.1, 0.15) is 25.5 Å². The monoisotopic (exact) mass is 296 g/mol.